The molecule has 4 rings (SSSR count). The Balaban J connectivity index is 1.34. The number of nitrogens with zero attached hydrogens (tertiary/aromatic N) is 6. The molecule has 154 valence electrons. The maximum Gasteiger partial charge on any atom is 0.266 e. The molecule has 0 unspecified atom stereocenters. The molecule has 1 fully saturated rings. The van der Waals surface area contributed by atoms with Gasteiger partial charge in [0.05, 0.1) is 12.2 Å². The van der Waals surface area contributed by atoms with Gasteiger partial charge in [-0.2, -0.15) is 5.10 Å². The maximum atomic E-state index is 12.5. The predicted molar refractivity (Wildman–Crippen MR) is 110 cm³/mol. The molecule has 0 aromatic carbocycles. The third-order valence-electron chi connectivity index (χ3n) is 5.75. The van der Waals surface area contributed by atoms with Gasteiger partial charge in [0.1, 0.15) is 0 Å². The van der Waals surface area contributed by atoms with Crippen molar-refractivity contribution < 1.29 is 4.79 Å². The molecule has 0 bridgehead atoms. The van der Waals surface area contributed by atoms with Gasteiger partial charge in [-0.1, -0.05) is 12.2 Å². The lowest BCUT2D eigenvalue weighted by Gasteiger charge is -2.36. The summed E-state index contributed by atoms with van der Waals surface area (Å²) >= 11 is 0. The van der Waals surface area contributed by atoms with Crippen molar-refractivity contribution in [2.75, 3.05) is 32.7 Å². The Morgan fingerprint density at radius 1 is 1.03 bits per heavy atom. The van der Waals surface area contributed by atoms with Crippen LogP contribution in [0.4, 0.5) is 0 Å². The molecule has 3 heterocycles. The molecule has 1 aliphatic carbocycles. The molecule has 0 atom stereocenters. The number of piperazine rings is 1. The van der Waals surface area contributed by atoms with E-state index in [-0.39, 0.29) is 17.4 Å². The van der Waals surface area contributed by atoms with Gasteiger partial charge in [0.25, 0.3) is 5.56 Å². The molecule has 2 aromatic rings. The van der Waals surface area contributed by atoms with Crippen molar-refractivity contribution in [1.82, 2.24) is 29.4 Å². The van der Waals surface area contributed by atoms with Gasteiger partial charge >= 0.3 is 0 Å². The van der Waals surface area contributed by atoms with Crippen LogP contribution in [0, 0.1) is 19.8 Å². The lowest BCUT2D eigenvalue weighted by atomic mass is 10.1. The molecule has 29 heavy (non-hydrogen) atoms. The molecular weight excluding hydrogens is 368 g/mol. The molecule has 0 spiro atoms. The standard InChI is InChI=1S/C21H28N6O2/c1-16-15-17(2)27(22-16)19-7-8-20(28)26(23-19)14-11-24-9-12-25(13-10-24)21(29)18-5-3-4-6-18/h3-4,7-8,15,18H,5-6,9-14H2,1-2H3. The van der Waals surface area contributed by atoms with E-state index in [2.05, 4.69) is 27.2 Å². The summed E-state index contributed by atoms with van der Waals surface area (Å²) in [5.74, 6) is 1.07. The Bertz CT molecular complexity index is 960. The Kier molecular flexibility index (Phi) is 5.62. The molecule has 2 aromatic heterocycles. The van der Waals surface area contributed by atoms with Crippen LogP contribution in [-0.2, 0) is 11.3 Å². The van der Waals surface area contributed by atoms with Crippen LogP contribution in [0.15, 0.2) is 35.1 Å². The quantitative estimate of drug-likeness (QED) is 0.709. The minimum absolute atomic E-state index is 0.113. The minimum Gasteiger partial charge on any atom is -0.340 e. The van der Waals surface area contributed by atoms with Crippen molar-refractivity contribution in [3.63, 3.8) is 0 Å². The van der Waals surface area contributed by atoms with E-state index in [0.717, 1.165) is 57.0 Å². The molecule has 2 aliphatic rings. The van der Waals surface area contributed by atoms with Gasteiger partial charge < -0.3 is 4.90 Å². The second kappa shape index (κ2) is 8.32. The average molecular weight is 396 g/mol. The summed E-state index contributed by atoms with van der Waals surface area (Å²) in [4.78, 5) is 29.1. The van der Waals surface area contributed by atoms with E-state index in [1.54, 1.807) is 16.8 Å². The van der Waals surface area contributed by atoms with Crippen LogP contribution in [0.25, 0.3) is 5.82 Å². The van der Waals surface area contributed by atoms with E-state index in [0.29, 0.717) is 12.4 Å². The Morgan fingerprint density at radius 3 is 2.41 bits per heavy atom. The highest BCUT2D eigenvalue weighted by atomic mass is 16.2. The molecule has 0 N–H and O–H groups in total. The summed E-state index contributed by atoms with van der Waals surface area (Å²) in [5.41, 5.74) is 1.79. The van der Waals surface area contributed by atoms with E-state index < -0.39 is 0 Å². The number of aryl methyl sites for hydroxylation is 2. The highest BCUT2D eigenvalue weighted by Crippen LogP contribution is 2.21. The maximum absolute atomic E-state index is 12.5. The van der Waals surface area contributed by atoms with Crippen molar-refractivity contribution in [2.24, 2.45) is 5.92 Å². The predicted octanol–water partition coefficient (Wildman–Crippen LogP) is 1.16. The lowest BCUT2D eigenvalue weighted by Crippen LogP contribution is -2.51. The van der Waals surface area contributed by atoms with Crippen LogP contribution in [0.1, 0.15) is 24.2 Å². The van der Waals surface area contributed by atoms with Gasteiger partial charge in [-0.05, 0) is 38.8 Å². The molecule has 1 aliphatic heterocycles. The zero-order valence-electron chi connectivity index (χ0n) is 17.1. The Hall–Kier alpha value is -2.74. The first kappa shape index (κ1) is 19.6. The Morgan fingerprint density at radius 2 is 1.76 bits per heavy atom. The van der Waals surface area contributed by atoms with Crippen LogP contribution in [-0.4, -0.2) is 68.0 Å². The van der Waals surface area contributed by atoms with E-state index >= 15 is 0 Å². The van der Waals surface area contributed by atoms with Crippen LogP contribution in [0.5, 0.6) is 0 Å². The second-order valence-electron chi connectivity index (χ2n) is 7.90. The van der Waals surface area contributed by atoms with Crippen LogP contribution in [0.3, 0.4) is 0 Å². The van der Waals surface area contributed by atoms with Gasteiger partial charge in [0, 0.05) is 50.4 Å². The van der Waals surface area contributed by atoms with Gasteiger partial charge in [-0.15, -0.1) is 5.10 Å². The highest BCUT2D eigenvalue weighted by molar-refractivity contribution is 5.79. The van der Waals surface area contributed by atoms with Crippen molar-refractivity contribution >= 4 is 5.91 Å². The Labute approximate surface area is 170 Å². The number of hydrogen-bond donors (Lipinski definition) is 0. The average Bonchev–Trinajstić information content (AvgIpc) is 3.37. The fraction of sp³-hybridized carbons (Fsp3) is 0.524. The molecular formula is C21H28N6O2. The normalized spacial score (nSPS) is 17.9. The van der Waals surface area contributed by atoms with E-state index in [4.69, 9.17) is 0 Å². The molecule has 8 heteroatoms. The van der Waals surface area contributed by atoms with E-state index in [9.17, 15) is 9.59 Å². The first-order valence-corrected chi connectivity index (χ1v) is 10.3. The topological polar surface area (TPSA) is 76.3 Å². The number of hydrogen-bond acceptors (Lipinski definition) is 5. The largest absolute Gasteiger partial charge is 0.340 e. The summed E-state index contributed by atoms with van der Waals surface area (Å²) in [6.07, 6.45) is 5.95. The molecule has 1 saturated heterocycles. The second-order valence-corrected chi connectivity index (χ2v) is 7.90. The number of allylic oxidation sites excluding steroid dienone is 2. The third-order valence-corrected chi connectivity index (χ3v) is 5.75. The molecule has 0 radical (unpaired) electrons. The SMILES string of the molecule is Cc1cc(C)n(-c2ccc(=O)n(CCN3CCN(C(=O)C4CC=CC4)CC3)n2)n1. The van der Waals surface area contributed by atoms with Crippen LogP contribution >= 0.6 is 0 Å². The fourth-order valence-corrected chi connectivity index (χ4v) is 4.08. The first-order valence-electron chi connectivity index (χ1n) is 10.3. The minimum atomic E-state index is -0.113. The number of carbonyl (C=O) groups excluding carboxylic acids is 1. The van der Waals surface area contributed by atoms with E-state index in [1.165, 1.54) is 4.68 Å². The highest BCUT2D eigenvalue weighted by Gasteiger charge is 2.27. The first-order chi connectivity index (χ1) is 14.0. The van der Waals surface area contributed by atoms with Crippen molar-refractivity contribution in [3.05, 3.63) is 52.1 Å². The number of rotatable bonds is 5. The molecule has 8 nitrogen and oxygen atoms in total. The van der Waals surface area contributed by atoms with Crippen molar-refractivity contribution in [3.8, 4) is 5.82 Å². The van der Waals surface area contributed by atoms with E-state index in [1.807, 2.05) is 24.8 Å². The lowest BCUT2D eigenvalue weighted by molar-refractivity contribution is -0.136. The monoisotopic (exact) mass is 396 g/mol. The van der Waals surface area contributed by atoms with Gasteiger partial charge in [0.2, 0.25) is 5.91 Å². The zero-order valence-corrected chi connectivity index (χ0v) is 17.1. The van der Waals surface area contributed by atoms with Crippen molar-refractivity contribution in [1.29, 1.82) is 0 Å². The van der Waals surface area contributed by atoms with Gasteiger partial charge in [-0.25, -0.2) is 9.36 Å². The summed E-state index contributed by atoms with van der Waals surface area (Å²) in [5, 5.41) is 8.95. The summed E-state index contributed by atoms with van der Waals surface area (Å²) in [7, 11) is 0. The summed E-state index contributed by atoms with van der Waals surface area (Å²) in [6.45, 7) is 8.34. The van der Waals surface area contributed by atoms with Crippen molar-refractivity contribution in [2.45, 2.75) is 33.2 Å². The zero-order chi connectivity index (χ0) is 20.4. The van der Waals surface area contributed by atoms with Crippen LogP contribution in [0.2, 0.25) is 0 Å². The summed E-state index contributed by atoms with van der Waals surface area (Å²) < 4.78 is 3.26. The smallest absolute Gasteiger partial charge is 0.266 e. The number of amides is 1. The fourth-order valence-electron chi connectivity index (χ4n) is 4.08. The number of carbonyl (C=O) groups is 1. The van der Waals surface area contributed by atoms with Gasteiger partial charge in [0.15, 0.2) is 5.82 Å². The number of aromatic nitrogens is 4. The van der Waals surface area contributed by atoms with Gasteiger partial charge in [-0.3, -0.25) is 14.5 Å². The molecule has 0 saturated carbocycles. The molecule has 1 amide bonds. The third kappa shape index (κ3) is 4.32. The summed E-state index contributed by atoms with van der Waals surface area (Å²) in [6, 6.07) is 5.24. The van der Waals surface area contributed by atoms with Crippen LogP contribution < -0.4 is 5.56 Å².